The number of aromatic nitrogens is 3. The number of rotatable bonds is 2. The summed E-state index contributed by atoms with van der Waals surface area (Å²) < 4.78 is 1.95. The molecule has 0 radical (unpaired) electrons. The maximum atomic E-state index is 6.50. The summed E-state index contributed by atoms with van der Waals surface area (Å²) in [5, 5.41) is 12.7. The molecule has 2 aliphatic rings. The van der Waals surface area contributed by atoms with Crippen molar-refractivity contribution in [3.8, 4) is 12.3 Å². The molecule has 2 aliphatic carbocycles. The highest BCUT2D eigenvalue weighted by Gasteiger charge is 2.62. The first-order valence-electron chi connectivity index (χ1n) is 7.61. The van der Waals surface area contributed by atoms with Gasteiger partial charge in [-0.05, 0) is 48.3 Å². The molecule has 4 nitrogen and oxygen atoms in total. The first-order valence-corrected chi connectivity index (χ1v) is 7.98. The molecule has 5 rings (SSSR count). The van der Waals surface area contributed by atoms with Crippen molar-refractivity contribution in [1.29, 1.82) is 5.26 Å². The van der Waals surface area contributed by atoms with Gasteiger partial charge in [-0.2, -0.15) is 5.10 Å². The van der Waals surface area contributed by atoms with E-state index in [0.717, 1.165) is 22.5 Å². The third kappa shape index (κ3) is 2.29. The van der Waals surface area contributed by atoms with Crippen LogP contribution in [-0.4, -0.2) is 14.8 Å². The van der Waals surface area contributed by atoms with Gasteiger partial charge in [0, 0.05) is 24.2 Å². The Hall–Kier alpha value is -2.38. The molecule has 2 aromatic heterocycles. The molecule has 1 atom stereocenters. The minimum Gasteiger partial charge on any atom is -0.244 e. The Labute approximate surface area is 139 Å². The maximum Gasteiger partial charge on any atom is 0.131 e. The number of nitriles is 1. The molecular weight excluding hydrogens is 308 g/mol. The molecule has 0 amide bonds. The largest absolute Gasteiger partial charge is 0.244 e. The fourth-order valence-corrected chi connectivity index (χ4v) is 3.68. The normalized spacial score (nSPS) is 20.0. The van der Waals surface area contributed by atoms with Crippen molar-refractivity contribution < 1.29 is 0 Å². The zero-order valence-electron chi connectivity index (χ0n) is 12.5. The first kappa shape index (κ1) is 14.2. The summed E-state index contributed by atoms with van der Waals surface area (Å²) in [5.41, 5.74) is 4.25. The second kappa shape index (κ2) is 5.07. The van der Waals surface area contributed by atoms with Gasteiger partial charge in [0.15, 0.2) is 0 Å². The number of benzene rings is 1. The van der Waals surface area contributed by atoms with Gasteiger partial charge in [0.05, 0.1) is 17.4 Å². The number of pyridine rings is 1. The molecule has 1 unspecified atom stereocenters. The van der Waals surface area contributed by atoms with Crippen molar-refractivity contribution in [3.05, 3.63) is 53.4 Å². The van der Waals surface area contributed by atoms with Gasteiger partial charge in [0.1, 0.15) is 5.15 Å². The SMILES string of the molecule is C#N.Clc1cc(-n2ncc3ccc(C4CC45CC5)cc32)ccn1. The monoisotopic (exact) mass is 322 g/mol. The number of hydrogen-bond donors (Lipinski definition) is 0. The third-order valence-corrected chi connectivity index (χ3v) is 5.24. The Kier molecular flexibility index (Phi) is 3.14. The molecule has 1 spiro atoms. The lowest BCUT2D eigenvalue weighted by Crippen LogP contribution is -1.97. The topological polar surface area (TPSA) is 54.5 Å². The summed E-state index contributed by atoms with van der Waals surface area (Å²) in [6.07, 6.45) is 7.82. The van der Waals surface area contributed by atoms with Gasteiger partial charge in [-0.15, -0.1) is 0 Å². The van der Waals surface area contributed by atoms with E-state index in [-0.39, 0.29) is 0 Å². The first-order chi connectivity index (χ1) is 11.3. The van der Waals surface area contributed by atoms with Crippen LogP contribution in [0.15, 0.2) is 42.7 Å². The average molecular weight is 323 g/mol. The molecule has 2 fully saturated rings. The smallest absolute Gasteiger partial charge is 0.131 e. The molecule has 3 aromatic rings. The predicted octanol–water partition coefficient (Wildman–Crippen LogP) is 4.48. The van der Waals surface area contributed by atoms with E-state index in [1.165, 1.54) is 24.8 Å². The highest BCUT2D eigenvalue weighted by Crippen LogP contribution is 2.75. The number of nitrogens with zero attached hydrogens (tertiary/aromatic N) is 4. The van der Waals surface area contributed by atoms with E-state index in [0.29, 0.717) is 10.6 Å². The van der Waals surface area contributed by atoms with Crippen molar-refractivity contribution in [2.45, 2.75) is 25.2 Å². The number of fused-ring (bicyclic) bond motifs is 1. The van der Waals surface area contributed by atoms with Gasteiger partial charge >= 0.3 is 0 Å². The van der Waals surface area contributed by atoms with Crippen LogP contribution < -0.4 is 0 Å². The molecule has 0 bridgehead atoms. The maximum absolute atomic E-state index is 6.50. The molecule has 0 N–H and O–H groups in total. The summed E-state index contributed by atoms with van der Waals surface area (Å²) in [4.78, 5) is 4.04. The molecule has 5 heteroatoms. The standard InChI is InChI=1S/C17H14ClN3.CHN/c18-16-8-13(3-6-19-16)21-15-7-11(1-2-12(15)10-20-21)14-9-17(14)4-5-17;1-2/h1-3,6-8,10,14H,4-5,9H2;1H. The Morgan fingerprint density at radius 1 is 1.22 bits per heavy atom. The van der Waals surface area contributed by atoms with Crippen LogP contribution >= 0.6 is 11.6 Å². The fourth-order valence-electron chi connectivity index (χ4n) is 3.51. The van der Waals surface area contributed by atoms with Gasteiger partial charge in [-0.3, -0.25) is 0 Å². The van der Waals surface area contributed by atoms with Crippen LogP contribution in [-0.2, 0) is 0 Å². The average Bonchev–Trinajstić information content (AvgIpc) is 3.48. The molecular formula is C18H15ClN4. The lowest BCUT2D eigenvalue weighted by atomic mass is 10.1. The highest BCUT2D eigenvalue weighted by molar-refractivity contribution is 6.29. The van der Waals surface area contributed by atoms with E-state index in [2.05, 4.69) is 34.9 Å². The zero-order chi connectivity index (χ0) is 16.0. The molecule has 0 aliphatic heterocycles. The number of hydrogen-bond acceptors (Lipinski definition) is 3. The Bertz CT molecular complexity index is 908. The minimum absolute atomic E-state index is 0.492. The summed E-state index contributed by atoms with van der Waals surface area (Å²) in [5.74, 6) is 0.770. The van der Waals surface area contributed by atoms with Crippen molar-refractivity contribution in [2.75, 3.05) is 0 Å². The lowest BCUT2D eigenvalue weighted by molar-refractivity contribution is 0.839. The Morgan fingerprint density at radius 3 is 2.74 bits per heavy atom. The summed E-state index contributed by atoms with van der Waals surface area (Å²) >= 11 is 6.00. The summed E-state index contributed by atoms with van der Waals surface area (Å²) in [6, 6.07) is 10.5. The summed E-state index contributed by atoms with van der Waals surface area (Å²) in [6.45, 7) is 3.50. The minimum atomic E-state index is 0.492. The lowest BCUT2D eigenvalue weighted by Gasteiger charge is -2.05. The Balaban J connectivity index is 0.000000652. The van der Waals surface area contributed by atoms with Crippen molar-refractivity contribution >= 4 is 22.5 Å². The van der Waals surface area contributed by atoms with Crippen LogP contribution in [0, 0.1) is 17.2 Å². The molecule has 0 saturated heterocycles. The summed E-state index contributed by atoms with van der Waals surface area (Å²) in [7, 11) is 0. The fraction of sp³-hybridized carbons (Fsp3) is 0.278. The van der Waals surface area contributed by atoms with Crippen LogP contribution in [0.4, 0.5) is 0 Å². The second-order valence-corrected chi connectivity index (χ2v) is 6.72. The molecule has 2 saturated carbocycles. The van der Waals surface area contributed by atoms with Crippen molar-refractivity contribution in [1.82, 2.24) is 14.8 Å². The van der Waals surface area contributed by atoms with Crippen LogP contribution in [0.25, 0.3) is 16.6 Å². The van der Waals surface area contributed by atoms with Crippen LogP contribution in [0.1, 0.15) is 30.7 Å². The van der Waals surface area contributed by atoms with E-state index in [1.807, 2.05) is 23.0 Å². The molecule has 23 heavy (non-hydrogen) atoms. The van der Waals surface area contributed by atoms with Gasteiger partial charge in [-0.1, -0.05) is 23.7 Å². The van der Waals surface area contributed by atoms with E-state index in [9.17, 15) is 0 Å². The van der Waals surface area contributed by atoms with Crippen LogP contribution in [0.3, 0.4) is 0 Å². The van der Waals surface area contributed by atoms with Crippen LogP contribution in [0.2, 0.25) is 5.15 Å². The van der Waals surface area contributed by atoms with E-state index in [4.69, 9.17) is 16.9 Å². The van der Waals surface area contributed by atoms with E-state index >= 15 is 0 Å². The van der Waals surface area contributed by atoms with E-state index < -0.39 is 0 Å². The second-order valence-electron chi connectivity index (χ2n) is 6.33. The van der Waals surface area contributed by atoms with Gasteiger partial charge in [-0.25, -0.2) is 14.9 Å². The molecule has 2 heterocycles. The third-order valence-electron chi connectivity index (χ3n) is 5.03. The molecule has 114 valence electrons. The van der Waals surface area contributed by atoms with Gasteiger partial charge < -0.3 is 0 Å². The van der Waals surface area contributed by atoms with E-state index in [1.54, 1.807) is 6.20 Å². The Morgan fingerprint density at radius 2 is 2.04 bits per heavy atom. The van der Waals surface area contributed by atoms with Gasteiger partial charge in [0.2, 0.25) is 0 Å². The predicted molar refractivity (Wildman–Crippen MR) is 89.6 cm³/mol. The quantitative estimate of drug-likeness (QED) is 0.653. The highest BCUT2D eigenvalue weighted by atomic mass is 35.5. The van der Waals surface area contributed by atoms with Gasteiger partial charge in [0.25, 0.3) is 0 Å². The van der Waals surface area contributed by atoms with Crippen LogP contribution in [0.5, 0.6) is 0 Å². The number of halogens is 1. The van der Waals surface area contributed by atoms with Crippen molar-refractivity contribution in [2.24, 2.45) is 5.41 Å². The molecule has 1 aromatic carbocycles. The van der Waals surface area contributed by atoms with Crippen molar-refractivity contribution in [3.63, 3.8) is 0 Å². The zero-order valence-corrected chi connectivity index (χ0v) is 13.2.